The average molecular weight is 227 g/mol. The van der Waals surface area contributed by atoms with Gasteiger partial charge >= 0.3 is 0 Å². The zero-order valence-electron chi connectivity index (χ0n) is 9.84. The van der Waals surface area contributed by atoms with E-state index in [0.29, 0.717) is 24.4 Å². The Morgan fingerprint density at radius 1 is 1.25 bits per heavy atom. The third-order valence-electron chi connectivity index (χ3n) is 2.66. The lowest BCUT2D eigenvalue weighted by Crippen LogP contribution is -2.19. The Morgan fingerprint density at radius 3 is 2.44 bits per heavy atom. The Labute approximate surface area is 95.7 Å². The largest absolute Gasteiger partial charge is 0.330 e. The highest BCUT2D eigenvalue weighted by molar-refractivity contribution is 5.19. The van der Waals surface area contributed by atoms with Gasteiger partial charge in [0.05, 0.1) is 0 Å². The third-order valence-corrected chi connectivity index (χ3v) is 2.66. The molecule has 0 fully saturated rings. The monoisotopic (exact) mass is 227 g/mol. The number of hydrogen-bond acceptors (Lipinski definition) is 1. The molecule has 1 aromatic carbocycles. The van der Waals surface area contributed by atoms with Gasteiger partial charge in [-0.25, -0.2) is 8.78 Å². The van der Waals surface area contributed by atoms with Gasteiger partial charge in [0.15, 0.2) is 0 Å². The third kappa shape index (κ3) is 3.89. The number of halogens is 2. The fourth-order valence-corrected chi connectivity index (χ4v) is 1.93. The summed E-state index contributed by atoms with van der Waals surface area (Å²) >= 11 is 0. The molecule has 16 heavy (non-hydrogen) atoms. The Bertz CT molecular complexity index is 337. The lowest BCUT2D eigenvalue weighted by Gasteiger charge is -2.17. The molecule has 3 heteroatoms. The van der Waals surface area contributed by atoms with Crippen molar-refractivity contribution in [2.75, 3.05) is 6.54 Å². The van der Waals surface area contributed by atoms with Gasteiger partial charge in [-0.05, 0) is 42.9 Å². The van der Waals surface area contributed by atoms with Crippen molar-refractivity contribution in [2.24, 2.45) is 17.6 Å². The highest BCUT2D eigenvalue weighted by Gasteiger charge is 2.13. The van der Waals surface area contributed by atoms with Gasteiger partial charge in [0.2, 0.25) is 0 Å². The van der Waals surface area contributed by atoms with E-state index in [4.69, 9.17) is 5.73 Å². The normalized spacial score (nSPS) is 13.1. The molecule has 0 aliphatic rings. The maximum Gasteiger partial charge on any atom is 0.129 e. The van der Waals surface area contributed by atoms with E-state index in [1.54, 1.807) is 0 Å². The van der Waals surface area contributed by atoms with Crippen LogP contribution in [0.3, 0.4) is 0 Å². The summed E-state index contributed by atoms with van der Waals surface area (Å²) in [4.78, 5) is 0. The van der Waals surface area contributed by atoms with E-state index in [-0.39, 0.29) is 5.92 Å². The van der Waals surface area contributed by atoms with Crippen LogP contribution in [0.2, 0.25) is 0 Å². The van der Waals surface area contributed by atoms with Gasteiger partial charge in [0, 0.05) is 6.07 Å². The quantitative estimate of drug-likeness (QED) is 0.821. The molecule has 2 N–H and O–H groups in total. The fourth-order valence-electron chi connectivity index (χ4n) is 1.93. The maximum atomic E-state index is 13.4. The first-order chi connectivity index (χ1) is 7.52. The van der Waals surface area contributed by atoms with E-state index < -0.39 is 11.6 Å². The van der Waals surface area contributed by atoms with Crippen LogP contribution in [-0.4, -0.2) is 6.54 Å². The SMILES string of the molecule is CC(C)CC(CN)Cc1ccc(F)cc1F. The molecule has 0 saturated carbocycles. The van der Waals surface area contributed by atoms with Crippen molar-refractivity contribution in [1.82, 2.24) is 0 Å². The van der Waals surface area contributed by atoms with E-state index in [1.165, 1.54) is 12.1 Å². The van der Waals surface area contributed by atoms with Crippen molar-refractivity contribution in [1.29, 1.82) is 0 Å². The summed E-state index contributed by atoms with van der Waals surface area (Å²) in [5.41, 5.74) is 6.21. The predicted octanol–water partition coefficient (Wildman–Crippen LogP) is 3.13. The Hall–Kier alpha value is -0.960. The highest BCUT2D eigenvalue weighted by atomic mass is 19.1. The molecule has 0 radical (unpaired) electrons. The van der Waals surface area contributed by atoms with Crippen molar-refractivity contribution in [3.8, 4) is 0 Å². The van der Waals surface area contributed by atoms with Gasteiger partial charge in [-0.2, -0.15) is 0 Å². The predicted molar refractivity (Wildman–Crippen MR) is 62.1 cm³/mol. The number of hydrogen-bond donors (Lipinski definition) is 1. The van der Waals surface area contributed by atoms with E-state index in [0.717, 1.165) is 12.5 Å². The van der Waals surface area contributed by atoms with Gasteiger partial charge in [-0.1, -0.05) is 19.9 Å². The van der Waals surface area contributed by atoms with E-state index in [1.807, 2.05) is 0 Å². The number of nitrogens with two attached hydrogens (primary N) is 1. The Balaban J connectivity index is 2.70. The van der Waals surface area contributed by atoms with Crippen molar-refractivity contribution >= 4 is 0 Å². The van der Waals surface area contributed by atoms with E-state index in [9.17, 15) is 8.78 Å². The number of rotatable bonds is 5. The molecule has 1 atom stereocenters. The van der Waals surface area contributed by atoms with Gasteiger partial charge in [-0.15, -0.1) is 0 Å². The number of benzene rings is 1. The molecule has 90 valence electrons. The van der Waals surface area contributed by atoms with E-state index >= 15 is 0 Å². The minimum Gasteiger partial charge on any atom is -0.330 e. The maximum absolute atomic E-state index is 13.4. The van der Waals surface area contributed by atoms with Crippen LogP contribution in [0, 0.1) is 23.5 Å². The summed E-state index contributed by atoms with van der Waals surface area (Å²) in [6.45, 7) is 4.77. The van der Waals surface area contributed by atoms with Crippen LogP contribution >= 0.6 is 0 Å². The molecule has 0 aliphatic carbocycles. The molecule has 1 nitrogen and oxygen atoms in total. The summed E-state index contributed by atoms with van der Waals surface area (Å²) in [7, 11) is 0. The lowest BCUT2D eigenvalue weighted by molar-refractivity contribution is 0.408. The van der Waals surface area contributed by atoms with Crippen LogP contribution in [0.25, 0.3) is 0 Å². The molecular formula is C13H19F2N. The van der Waals surface area contributed by atoms with Crippen molar-refractivity contribution in [3.05, 3.63) is 35.4 Å². The molecule has 0 amide bonds. The van der Waals surface area contributed by atoms with Gasteiger partial charge in [0.1, 0.15) is 11.6 Å². The summed E-state index contributed by atoms with van der Waals surface area (Å²) in [6, 6.07) is 3.73. The molecule has 1 rings (SSSR count). The van der Waals surface area contributed by atoms with E-state index in [2.05, 4.69) is 13.8 Å². The molecule has 0 aliphatic heterocycles. The second-order valence-electron chi connectivity index (χ2n) is 4.67. The first-order valence-electron chi connectivity index (χ1n) is 5.67. The summed E-state index contributed by atoms with van der Waals surface area (Å²) in [6.07, 6.45) is 1.55. The first kappa shape index (κ1) is 13.1. The summed E-state index contributed by atoms with van der Waals surface area (Å²) < 4.78 is 26.1. The van der Waals surface area contributed by atoms with Crippen molar-refractivity contribution < 1.29 is 8.78 Å². The van der Waals surface area contributed by atoms with Crippen LogP contribution in [0.1, 0.15) is 25.8 Å². The topological polar surface area (TPSA) is 26.0 Å². The average Bonchev–Trinajstić information content (AvgIpc) is 2.20. The second-order valence-corrected chi connectivity index (χ2v) is 4.67. The molecule has 0 heterocycles. The molecule has 0 spiro atoms. The molecule has 0 saturated heterocycles. The van der Waals surface area contributed by atoms with Crippen LogP contribution in [-0.2, 0) is 6.42 Å². The minimum absolute atomic E-state index is 0.264. The molecular weight excluding hydrogens is 208 g/mol. The molecule has 0 bridgehead atoms. The Kier molecular flexibility index (Phi) is 4.87. The van der Waals surface area contributed by atoms with Gasteiger partial charge in [-0.3, -0.25) is 0 Å². The van der Waals surface area contributed by atoms with Crippen molar-refractivity contribution in [2.45, 2.75) is 26.7 Å². The zero-order chi connectivity index (χ0) is 12.1. The minimum atomic E-state index is -0.533. The molecule has 1 unspecified atom stereocenters. The lowest BCUT2D eigenvalue weighted by atomic mass is 9.91. The standard InChI is InChI=1S/C13H19F2N/c1-9(2)5-10(8-16)6-11-3-4-12(14)7-13(11)15/h3-4,7,9-10H,5-6,8,16H2,1-2H3. The highest BCUT2D eigenvalue weighted by Crippen LogP contribution is 2.19. The van der Waals surface area contributed by atoms with Crippen LogP contribution in [0.5, 0.6) is 0 Å². The molecule has 1 aromatic rings. The Morgan fingerprint density at radius 2 is 1.94 bits per heavy atom. The van der Waals surface area contributed by atoms with Crippen LogP contribution in [0.4, 0.5) is 8.78 Å². The first-order valence-corrected chi connectivity index (χ1v) is 5.67. The van der Waals surface area contributed by atoms with Crippen LogP contribution in [0.15, 0.2) is 18.2 Å². The summed E-state index contributed by atoms with van der Waals surface area (Å²) in [5, 5.41) is 0. The second kappa shape index (κ2) is 5.94. The van der Waals surface area contributed by atoms with Crippen molar-refractivity contribution in [3.63, 3.8) is 0 Å². The zero-order valence-corrected chi connectivity index (χ0v) is 9.84. The smallest absolute Gasteiger partial charge is 0.129 e. The fraction of sp³-hybridized carbons (Fsp3) is 0.538. The summed E-state index contributed by atoms with van der Waals surface area (Å²) in [5.74, 6) is -0.200. The van der Waals surface area contributed by atoms with Gasteiger partial charge < -0.3 is 5.73 Å². The van der Waals surface area contributed by atoms with Crippen LogP contribution < -0.4 is 5.73 Å². The molecule has 0 aromatic heterocycles. The van der Waals surface area contributed by atoms with Gasteiger partial charge in [0.25, 0.3) is 0 Å².